The number of benzene rings is 1. The van der Waals surface area contributed by atoms with E-state index in [1.165, 1.54) is 0 Å². The molecule has 0 bridgehead atoms. The van der Waals surface area contributed by atoms with Crippen LogP contribution in [0.15, 0.2) is 24.3 Å². The molecule has 1 aliphatic rings. The predicted octanol–water partition coefficient (Wildman–Crippen LogP) is 2.17. The van der Waals surface area contributed by atoms with Gasteiger partial charge in [0, 0.05) is 12.1 Å². The number of nitrogens with two attached hydrogens (primary N) is 1. The Bertz CT molecular complexity index is 416. The zero-order chi connectivity index (χ0) is 11.3. The fourth-order valence-electron chi connectivity index (χ4n) is 1.73. The molecule has 2 rings (SSSR count). The Balaban J connectivity index is 2.45. The molecule has 1 aliphatic carbocycles. The fraction of sp³-hybridized carbons (Fsp3) is 0.300. The number of alkyl halides is 2. The molecule has 15 heavy (non-hydrogen) atoms. The lowest BCUT2D eigenvalue weighted by atomic mass is 9.96. The van der Waals surface area contributed by atoms with Crippen LogP contribution in [-0.4, -0.2) is 15.4 Å². The summed E-state index contributed by atoms with van der Waals surface area (Å²) in [6.45, 7) is 0. The molecule has 80 valence electrons. The second kappa shape index (κ2) is 3.03. The van der Waals surface area contributed by atoms with Gasteiger partial charge in [-0.1, -0.05) is 35.3 Å². The van der Waals surface area contributed by atoms with Crippen molar-refractivity contribution in [3.63, 3.8) is 0 Å². The molecule has 0 heterocycles. The standard InChI is InChI=1S/C10H9Cl2NO2/c11-10(12)5-9(10,8(14)15)6-1-3-7(13)4-2-6/h1-4H,5,13H2,(H,14,15). The highest BCUT2D eigenvalue weighted by atomic mass is 35.5. The van der Waals surface area contributed by atoms with Crippen molar-refractivity contribution in [1.82, 2.24) is 0 Å². The van der Waals surface area contributed by atoms with Crippen LogP contribution in [0.25, 0.3) is 0 Å². The first-order chi connectivity index (χ1) is 6.90. The number of carboxylic acids is 1. The van der Waals surface area contributed by atoms with Crippen LogP contribution >= 0.6 is 23.2 Å². The molecule has 0 radical (unpaired) electrons. The van der Waals surface area contributed by atoms with Gasteiger partial charge < -0.3 is 10.8 Å². The lowest BCUT2D eigenvalue weighted by Gasteiger charge is -2.13. The van der Waals surface area contributed by atoms with Crippen molar-refractivity contribution in [2.75, 3.05) is 5.73 Å². The van der Waals surface area contributed by atoms with E-state index < -0.39 is 15.7 Å². The third-order valence-electron chi connectivity index (χ3n) is 2.76. The van der Waals surface area contributed by atoms with Gasteiger partial charge in [-0.15, -0.1) is 0 Å². The molecule has 3 N–H and O–H groups in total. The maximum atomic E-state index is 11.2. The van der Waals surface area contributed by atoms with Gasteiger partial charge in [0.2, 0.25) is 0 Å². The zero-order valence-electron chi connectivity index (χ0n) is 7.71. The SMILES string of the molecule is Nc1ccc(C2(C(=O)O)CC2(Cl)Cl)cc1. The van der Waals surface area contributed by atoms with Crippen LogP contribution in [-0.2, 0) is 10.2 Å². The number of nitrogen functional groups attached to an aromatic ring is 1. The molecule has 1 aromatic rings. The molecule has 1 fully saturated rings. The first kappa shape index (κ1) is 10.6. The predicted molar refractivity (Wildman–Crippen MR) is 59.2 cm³/mol. The van der Waals surface area contributed by atoms with Crippen molar-refractivity contribution in [3.8, 4) is 0 Å². The number of hydrogen-bond acceptors (Lipinski definition) is 2. The molecular weight excluding hydrogens is 237 g/mol. The van der Waals surface area contributed by atoms with Crippen LogP contribution in [0.4, 0.5) is 5.69 Å². The Labute approximate surface area is 96.8 Å². The Kier molecular flexibility index (Phi) is 2.14. The summed E-state index contributed by atoms with van der Waals surface area (Å²) in [5, 5.41) is 9.16. The highest BCUT2D eigenvalue weighted by molar-refractivity contribution is 6.54. The topological polar surface area (TPSA) is 63.3 Å². The molecule has 1 atom stereocenters. The first-order valence-corrected chi connectivity index (χ1v) is 5.13. The van der Waals surface area contributed by atoms with Gasteiger partial charge in [0.15, 0.2) is 0 Å². The van der Waals surface area contributed by atoms with Gasteiger partial charge in [0.25, 0.3) is 0 Å². The monoisotopic (exact) mass is 245 g/mol. The van der Waals surface area contributed by atoms with E-state index in [4.69, 9.17) is 34.0 Å². The minimum Gasteiger partial charge on any atom is -0.480 e. The van der Waals surface area contributed by atoms with Gasteiger partial charge in [0.1, 0.15) is 9.75 Å². The Morgan fingerprint density at radius 3 is 2.13 bits per heavy atom. The number of hydrogen-bond donors (Lipinski definition) is 2. The van der Waals surface area contributed by atoms with Crippen LogP contribution < -0.4 is 5.73 Å². The van der Waals surface area contributed by atoms with E-state index in [-0.39, 0.29) is 6.42 Å². The molecule has 0 saturated heterocycles. The Morgan fingerprint density at radius 1 is 1.33 bits per heavy atom. The van der Waals surface area contributed by atoms with Gasteiger partial charge >= 0.3 is 5.97 Å². The van der Waals surface area contributed by atoms with Gasteiger partial charge in [-0.2, -0.15) is 0 Å². The molecule has 0 aliphatic heterocycles. The van der Waals surface area contributed by atoms with E-state index in [0.717, 1.165) is 0 Å². The highest BCUT2D eigenvalue weighted by Gasteiger charge is 2.72. The molecule has 0 aromatic heterocycles. The summed E-state index contributed by atoms with van der Waals surface area (Å²) in [6, 6.07) is 6.58. The number of rotatable bonds is 2. The summed E-state index contributed by atoms with van der Waals surface area (Å²) < 4.78 is -1.21. The maximum Gasteiger partial charge on any atom is 0.317 e. The quantitative estimate of drug-likeness (QED) is 0.620. The van der Waals surface area contributed by atoms with Crippen molar-refractivity contribution < 1.29 is 9.90 Å². The summed E-state index contributed by atoms with van der Waals surface area (Å²) in [4.78, 5) is 11.2. The van der Waals surface area contributed by atoms with Crippen molar-refractivity contribution in [2.45, 2.75) is 16.2 Å². The number of aliphatic carboxylic acids is 1. The summed E-state index contributed by atoms with van der Waals surface area (Å²) in [7, 11) is 0. The Hall–Kier alpha value is -0.930. The average Bonchev–Trinajstić information content (AvgIpc) is 2.72. The first-order valence-electron chi connectivity index (χ1n) is 4.37. The van der Waals surface area contributed by atoms with Crippen molar-refractivity contribution >= 4 is 34.9 Å². The van der Waals surface area contributed by atoms with Crippen LogP contribution in [0.1, 0.15) is 12.0 Å². The lowest BCUT2D eigenvalue weighted by Crippen LogP contribution is -2.26. The molecule has 0 amide bonds. The smallest absolute Gasteiger partial charge is 0.317 e. The van der Waals surface area contributed by atoms with Gasteiger partial charge in [0.05, 0.1) is 0 Å². The average molecular weight is 246 g/mol. The number of carboxylic acid groups (broad SMARTS) is 1. The van der Waals surface area contributed by atoms with E-state index in [9.17, 15) is 4.79 Å². The zero-order valence-corrected chi connectivity index (χ0v) is 9.22. The largest absolute Gasteiger partial charge is 0.480 e. The summed E-state index contributed by atoms with van der Waals surface area (Å²) in [6.07, 6.45) is 0.225. The number of halogens is 2. The molecule has 1 aromatic carbocycles. The van der Waals surface area contributed by atoms with Crippen LogP contribution in [0.3, 0.4) is 0 Å². The van der Waals surface area contributed by atoms with Gasteiger partial charge in [-0.05, 0) is 17.7 Å². The molecule has 3 nitrogen and oxygen atoms in total. The van der Waals surface area contributed by atoms with E-state index >= 15 is 0 Å². The third-order valence-corrected chi connectivity index (χ3v) is 3.67. The molecule has 1 unspecified atom stereocenters. The van der Waals surface area contributed by atoms with Gasteiger partial charge in [-0.3, -0.25) is 4.79 Å². The minimum absolute atomic E-state index is 0.225. The Morgan fingerprint density at radius 2 is 1.80 bits per heavy atom. The molecular formula is C10H9Cl2NO2. The van der Waals surface area contributed by atoms with Crippen LogP contribution in [0.2, 0.25) is 0 Å². The second-order valence-corrected chi connectivity index (χ2v) is 5.20. The van der Waals surface area contributed by atoms with E-state index in [0.29, 0.717) is 11.3 Å². The third kappa shape index (κ3) is 1.38. The van der Waals surface area contributed by atoms with Crippen molar-refractivity contribution in [1.29, 1.82) is 0 Å². The van der Waals surface area contributed by atoms with E-state index in [1.807, 2.05) is 0 Å². The summed E-state index contributed by atoms with van der Waals surface area (Å²) >= 11 is 11.8. The minimum atomic E-state index is -1.21. The highest BCUT2D eigenvalue weighted by Crippen LogP contribution is 2.64. The number of carbonyl (C=O) groups is 1. The molecule has 0 spiro atoms. The summed E-state index contributed by atoms with van der Waals surface area (Å²) in [5.41, 5.74) is 5.51. The van der Waals surface area contributed by atoms with E-state index in [1.54, 1.807) is 24.3 Å². The van der Waals surface area contributed by atoms with E-state index in [2.05, 4.69) is 0 Å². The normalized spacial score (nSPS) is 27.3. The van der Waals surface area contributed by atoms with Crippen molar-refractivity contribution in [2.24, 2.45) is 0 Å². The molecule has 1 saturated carbocycles. The summed E-state index contributed by atoms with van der Waals surface area (Å²) in [5.74, 6) is -1.00. The second-order valence-electron chi connectivity index (χ2n) is 3.71. The fourth-order valence-corrected chi connectivity index (χ4v) is 2.51. The lowest BCUT2D eigenvalue weighted by molar-refractivity contribution is -0.140. The van der Waals surface area contributed by atoms with Gasteiger partial charge in [-0.25, -0.2) is 0 Å². The van der Waals surface area contributed by atoms with Crippen molar-refractivity contribution in [3.05, 3.63) is 29.8 Å². The molecule has 5 heteroatoms. The number of anilines is 1. The van der Waals surface area contributed by atoms with Crippen LogP contribution in [0.5, 0.6) is 0 Å². The maximum absolute atomic E-state index is 11.2. The van der Waals surface area contributed by atoms with Crippen LogP contribution in [0, 0.1) is 0 Å².